The Labute approximate surface area is 165 Å². The van der Waals surface area contributed by atoms with E-state index in [0.29, 0.717) is 6.61 Å². The van der Waals surface area contributed by atoms with Crippen molar-refractivity contribution in [3.8, 4) is 0 Å². The molecular formula is C22H42O5. The first-order valence-corrected chi connectivity index (χ1v) is 11.0. The van der Waals surface area contributed by atoms with Gasteiger partial charge in [-0.15, -0.1) is 0 Å². The first-order valence-electron chi connectivity index (χ1n) is 11.0. The number of allylic oxidation sites excluding steroid dienone is 2. The molecule has 160 valence electrons. The lowest BCUT2D eigenvalue weighted by Crippen LogP contribution is -2.54. The summed E-state index contributed by atoms with van der Waals surface area (Å²) in [6, 6.07) is 0. The summed E-state index contributed by atoms with van der Waals surface area (Å²) in [6.45, 7) is 3.19. The maximum absolute atomic E-state index is 9.81. The van der Waals surface area contributed by atoms with E-state index in [1.807, 2.05) is 0 Å². The van der Waals surface area contributed by atoms with Crippen molar-refractivity contribution in [3.05, 3.63) is 12.2 Å². The van der Waals surface area contributed by atoms with E-state index in [4.69, 9.17) is 9.47 Å². The minimum atomic E-state index is -1.15. The number of rotatable bonds is 16. The Kier molecular flexibility index (Phi) is 15.0. The highest BCUT2D eigenvalue weighted by atomic mass is 16.6. The summed E-state index contributed by atoms with van der Waals surface area (Å²) in [5, 5.41) is 28.8. The lowest BCUT2D eigenvalue weighted by molar-refractivity contribution is -0.199. The molecule has 27 heavy (non-hydrogen) atoms. The largest absolute Gasteiger partial charge is 0.388 e. The summed E-state index contributed by atoms with van der Waals surface area (Å²) in [6.07, 6.45) is 16.0. The molecule has 0 bridgehead atoms. The smallest absolute Gasteiger partial charge is 0.111 e. The van der Waals surface area contributed by atoms with Gasteiger partial charge in [0.1, 0.15) is 24.4 Å². The zero-order chi connectivity index (χ0) is 19.7. The molecule has 0 unspecified atom stereocenters. The minimum absolute atomic E-state index is 0.0426. The number of aliphatic hydroxyl groups is 3. The van der Waals surface area contributed by atoms with Gasteiger partial charge in [-0.2, -0.15) is 0 Å². The van der Waals surface area contributed by atoms with E-state index in [0.717, 1.165) is 12.8 Å². The summed E-state index contributed by atoms with van der Waals surface area (Å²) < 4.78 is 10.9. The Hall–Kier alpha value is -0.460. The second-order valence-electron chi connectivity index (χ2n) is 7.73. The predicted molar refractivity (Wildman–Crippen MR) is 109 cm³/mol. The minimum Gasteiger partial charge on any atom is -0.388 e. The Balaban J connectivity index is 1.82. The van der Waals surface area contributed by atoms with Gasteiger partial charge in [-0.1, -0.05) is 64.0 Å². The van der Waals surface area contributed by atoms with Crippen molar-refractivity contribution >= 4 is 0 Å². The normalized spacial score (nSPS) is 26.1. The van der Waals surface area contributed by atoms with Crippen molar-refractivity contribution in [1.29, 1.82) is 0 Å². The maximum atomic E-state index is 9.81. The maximum Gasteiger partial charge on any atom is 0.111 e. The van der Waals surface area contributed by atoms with Crippen LogP contribution in [0.1, 0.15) is 84.0 Å². The summed E-state index contributed by atoms with van der Waals surface area (Å²) in [4.78, 5) is 0. The molecule has 0 aromatic heterocycles. The molecule has 0 amide bonds. The van der Waals surface area contributed by atoms with E-state index < -0.39 is 24.4 Å². The van der Waals surface area contributed by atoms with Gasteiger partial charge in [-0.25, -0.2) is 0 Å². The summed E-state index contributed by atoms with van der Waals surface area (Å²) in [7, 11) is 0. The third kappa shape index (κ3) is 11.9. The SMILES string of the molecule is CCCCC/C=C/CCCCCCCCCOC[C@H]1OC[C@H](O)[C@@H](O)[C@@H]1O. The van der Waals surface area contributed by atoms with Gasteiger partial charge in [0.2, 0.25) is 0 Å². The van der Waals surface area contributed by atoms with Crippen LogP contribution in [0.4, 0.5) is 0 Å². The zero-order valence-electron chi connectivity index (χ0n) is 17.2. The van der Waals surface area contributed by atoms with E-state index in [2.05, 4.69) is 19.1 Å². The van der Waals surface area contributed by atoms with Gasteiger partial charge in [0, 0.05) is 6.61 Å². The van der Waals surface area contributed by atoms with Crippen LogP contribution in [-0.4, -0.2) is 59.6 Å². The lowest BCUT2D eigenvalue weighted by Gasteiger charge is -2.35. The highest BCUT2D eigenvalue weighted by Gasteiger charge is 2.37. The molecule has 1 heterocycles. The first kappa shape index (κ1) is 24.6. The van der Waals surface area contributed by atoms with Crippen LogP contribution in [0.5, 0.6) is 0 Å². The highest BCUT2D eigenvalue weighted by molar-refractivity contribution is 4.86. The van der Waals surface area contributed by atoms with Crippen LogP contribution < -0.4 is 0 Å². The summed E-state index contributed by atoms with van der Waals surface area (Å²) in [5.41, 5.74) is 0. The topological polar surface area (TPSA) is 79.2 Å². The highest BCUT2D eigenvalue weighted by Crippen LogP contribution is 2.16. The zero-order valence-corrected chi connectivity index (χ0v) is 17.2. The van der Waals surface area contributed by atoms with Crippen molar-refractivity contribution in [1.82, 2.24) is 0 Å². The molecule has 5 heteroatoms. The lowest BCUT2D eigenvalue weighted by atomic mass is 10.0. The van der Waals surface area contributed by atoms with Crippen LogP contribution in [0.15, 0.2) is 12.2 Å². The molecule has 1 rings (SSSR count). The molecule has 0 spiro atoms. The quantitative estimate of drug-likeness (QED) is 0.278. The van der Waals surface area contributed by atoms with Crippen LogP contribution in [0.25, 0.3) is 0 Å². The Morgan fingerprint density at radius 1 is 0.815 bits per heavy atom. The van der Waals surface area contributed by atoms with Gasteiger partial charge in [0.05, 0.1) is 13.2 Å². The first-order chi connectivity index (χ1) is 13.2. The fourth-order valence-corrected chi connectivity index (χ4v) is 3.31. The molecule has 1 fully saturated rings. The van der Waals surface area contributed by atoms with Crippen molar-refractivity contribution in [3.63, 3.8) is 0 Å². The average molecular weight is 387 g/mol. The second-order valence-corrected chi connectivity index (χ2v) is 7.73. The molecule has 1 aliphatic heterocycles. The molecule has 0 radical (unpaired) electrons. The standard InChI is InChI=1S/C22H42O5/c1-2-3-4-5-6-7-8-9-10-11-12-13-14-15-16-26-18-20-22(25)21(24)19(23)17-27-20/h6-7,19-25H,2-5,8-18H2,1H3/b7-6+/t19-,20+,21+,22+/m0/s1. The molecule has 0 saturated carbocycles. The summed E-state index contributed by atoms with van der Waals surface area (Å²) >= 11 is 0. The van der Waals surface area contributed by atoms with E-state index >= 15 is 0 Å². The van der Waals surface area contributed by atoms with Crippen LogP contribution in [-0.2, 0) is 9.47 Å². The Morgan fingerprint density at radius 3 is 2.07 bits per heavy atom. The monoisotopic (exact) mass is 386 g/mol. The predicted octanol–water partition coefficient (Wildman–Crippen LogP) is 3.74. The number of ether oxygens (including phenoxy) is 2. The summed E-state index contributed by atoms with van der Waals surface area (Å²) in [5.74, 6) is 0. The molecule has 1 aliphatic rings. The molecule has 3 N–H and O–H groups in total. The fraction of sp³-hybridized carbons (Fsp3) is 0.909. The van der Waals surface area contributed by atoms with Crippen molar-refractivity contribution in [2.24, 2.45) is 0 Å². The van der Waals surface area contributed by atoms with E-state index in [1.165, 1.54) is 64.2 Å². The van der Waals surface area contributed by atoms with Crippen molar-refractivity contribution in [2.75, 3.05) is 19.8 Å². The van der Waals surface area contributed by atoms with Gasteiger partial charge in [0.25, 0.3) is 0 Å². The van der Waals surface area contributed by atoms with Crippen LogP contribution in [0.2, 0.25) is 0 Å². The van der Waals surface area contributed by atoms with Crippen LogP contribution >= 0.6 is 0 Å². The third-order valence-corrected chi connectivity index (χ3v) is 5.19. The third-order valence-electron chi connectivity index (χ3n) is 5.19. The fourth-order valence-electron chi connectivity index (χ4n) is 3.31. The molecule has 0 aromatic carbocycles. The van der Waals surface area contributed by atoms with Crippen LogP contribution in [0, 0.1) is 0 Å². The van der Waals surface area contributed by atoms with Crippen LogP contribution in [0.3, 0.4) is 0 Å². The Morgan fingerprint density at radius 2 is 1.41 bits per heavy atom. The molecular weight excluding hydrogens is 344 g/mol. The van der Waals surface area contributed by atoms with Crippen molar-refractivity contribution < 1.29 is 24.8 Å². The number of hydrogen-bond donors (Lipinski definition) is 3. The molecule has 1 saturated heterocycles. The number of hydrogen-bond acceptors (Lipinski definition) is 5. The van der Waals surface area contributed by atoms with Gasteiger partial charge in [-0.3, -0.25) is 0 Å². The molecule has 4 atom stereocenters. The second kappa shape index (κ2) is 16.5. The van der Waals surface area contributed by atoms with Gasteiger partial charge in [0.15, 0.2) is 0 Å². The van der Waals surface area contributed by atoms with Gasteiger partial charge < -0.3 is 24.8 Å². The average Bonchev–Trinajstić information content (AvgIpc) is 2.67. The van der Waals surface area contributed by atoms with E-state index in [-0.39, 0.29) is 13.2 Å². The molecule has 0 aliphatic carbocycles. The van der Waals surface area contributed by atoms with Crippen molar-refractivity contribution in [2.45, 2.75) is 108 Å². The molecule has 5 nitrogen and oxygen atoms in total. The molecule has 0 aromatic rings. The van der Waals surface area contributed by atoms with E-state index in [9.17, 15) is 15.3 Å². The van der Waals surface area contributed by atoms with Gasteiger partial charge in [-0.05, 0) is 32.1 Å². The number of aliphatic hydroxyl groups excluding tert-OH is 3. The van der Waals surface area contributed by atoms with E-state index in [1.54, 1.807) is 0 Å². The van der Waals surface area contributed by atoms with Gasteiger partial charge >= 0.3 is 0 Å². The Bertz CT molecular complexity index is 361. The number of unbranched alkanes of at least 4 members (excludes halogenated alkanes) is 10.